The van der Waals surface area contributed by atoms with E-state index in [1.54, 1.807) is 12.1 Å². The summed E-state index contributed by atoms with van der Waals surface area (Å²) in [7, 11) is -3.33. The van der Waals surface area contributed by atoms with Crippen LogP contribution in [0.1, 0.15) is 44.6 Å². The first-order valence-electron chi connectivity index (χ1n) is 6.70. The minimum Gasteiger partial charge on any atom is -0.208 e. The first kappa shape index (κ1) is 15.0. The van der Waals surface area contributed by atoms with Gasteiger partial charge >= 0.3 is 0 Å². The molecule has 0 spiro atoms. The van der Waals surface area contributed by atoms with Gasteiger partial charge in [-0.15, -0.1) is 0 Å². The largest absolute Gasteiger partial charge is 0.240 e. The lowest BCUT2D eigenvalue weighted by atomic mass is 9.94. The molecular weight excluding hydrogens is 326 g/mol. The summed E-state index contributed by atoms with van der Waals surface area (Å²) in [4.78, 5) is 0.741. The quantitative estimate of drug-likeness (QED) is 0.803. The van der Waals surface area contributed by atoms with Gasteiger partial charge in [-0.3, -0.25) is 0 Å². The fourth-order valence-electron chi connectivity index (χ4n) is 2.21. The van der Waals surface area contributed by atoms with Crippen molar-refractivity contribution in [2.45, 2.75) is 54.8 Å². The molecule has 2 atom stereocenters. The highest BCUT2D eigenvalue weighted by Crippen LogP contribution is 2.29. The van der Waals surface area contributed by atoms with Crippen LogP contribution >= 0.6 is 15.9 Å². The standard InChI is InChI=1S/C14H20BrNO2S/c1-3-14(10(2)15)11-4-8-13(9-5-11)19(17,18)16-12-6-7-12/h4-5,8-10,12,14,16H,3,6-7H2,1-2H3. The molecule has 1 saturated carbocycles. The molecular formula is C14H20BrNO2S. The van der Waals surface area contributed by atoms with E-state index in [0.717, 1.165) is 19.3 Å². The molecule has 5 heteroatoms. The van der Waals surface area contributed by atoms with Crippen LogP contribution in [-0.2, 0) is 10.0 Å². The van der Waals surface area contributed by atoms with Crippen LogP contribution < -0.4 is 4.72 Å². The normalized spacial score (nSPS) is 19.1. The van der Waals surface area contributed by atoms with Gasteiger partial charge in [0.1, 0.15) is 0 Å². The summed E-state index contributed by atoms with van der Waals surface area (Å²) in [6.07, 6.45) is 2.94. The SMILES string of the molecule is CCC(c1ccc(S(=O)(=O)NC2CC2)cc1)C(C)Br. The minimum absolute atomic E-state index is 0.149. The summed E-state index contributed by atoms with van der Waals surface area (Å²) >= 11 is 3.61. The number of halogens is 1. The lowest BCUT2D eigenvalue weighted by Gasteiger charge is -2.18. The smallest absolute Gasteiger partial charge is 0.208 e. The summed E-state index contributed by atoms with van der Waals surface area (Å²) in [6, 6.07) is 7.41. The van der Waals surface area contributed by atoms with Crippen LogP contribution in [0.5, 0.6) is 0 Å². The van der Waals surface area contributed by atoms with Gasteiger partial charge in [0.05, 0.1) is 4.90 Å². The first-order chi connectivity index (χ1) is 8.94. The average Bonchev–Trinajstić information content (AvgIpc) is 3.13. The molecule has 19 heavy (non-hydrogen) atoms. The van der Waals surface area contributed by atoms with E-state index >= 15 is 0 Å². The Hall–Kier alpha value is -0.390. The summed E-state index contributed by atoms with van der Waals surface area (Å²) in [5.74, 6) is 0.410. The van der Waals surface area contributed by atoms with Crippen molar-refractivity contribution in [2.24, 2.45) is 0 Å². The van der Waals surface area contributed by atoms with Crippen molar-refractivity contribution < 1.29 is 8.42 Å². The maximum atomic E-state index is 12.0. The molecule has 0 aliphatic heterocycles. The van der Waals surface area contributed by atoms with Crippen molar-refractivity contribution in [1.82, 2.24) is 4.72 Å². The zero-order valence-electron chi connectivity index (χ0n) is 11.3. The number of nitrogens with one attached hydrogen (secondary N) is 1. The van der Waals surface area contributed by atoms with Crippen molar-refractivity contribution in [2.75, 3.05) is 0 Å². The molecule has 0 heterocycles. The number of hydrogen-bond donors (Lipinski definition) is 1. The van der Waals surface area contributed by atoms with Gasteiger partial charge in [-0.2, -0.15) is 0 Å². The Balaban J connectivity index is 2.17. The Morgan fingerprint density at radius 2 is 1.89 bits per heavy atom. The molecule has 1 aromatic rings. The number of rotatable bonds is 6. The first-order valence-corrected chi connectivity index (χ1v) is 9.10. The van der Waals surface area contributed by atoms with Gasteiger partial charge in [0, 0.05) is 10.9 Å². The van der Waals surface area contributed by atoms with Crippen molar-refractivity contribution in [3.8, 4) is 0 Å². The molecule has 3 nitrogen and oxygen atoms in total. The van der Waals surface area contributed by atoms with Gasteiger partial charge in [0.15, 0.2) is 0 Å². The Bertz CT molecular complexity index is 521. The van der Waals surface area contributed by atoms with Gasteiger partial charge in [-0.05, 0) is 42.9 Å². The van der Waals surface area contributed by atoms with Gasteiger partial charge in [0.25, 0.3) is 0 Å². The molecule has 2 rings (SSSR count). The van der Waals surface area contributed by atoms with Crippen LogP contribution in [-0.4, -0.2) is 19.3 Å². The maximum Gasteiger partial charge on any atom is 0.240 e. The lowest BCUT2D eigenvalue weighted by Crippen LogP contribution is -2.25. The van der Waals surface area contributed by atoms with Crippen LogP contribution in [0.15, 0.2) is 29.2 Å². The molecule has 1 aliphatic carbocycles. The van der Waals surface area contributed by atoms with E-state index in [2.05, 4.69) is 34.5 Å². The second-order valence-electron chi connectivity index (χ2n) is 5.16. The zero-order chi connectivity index (χ0) is 14.0. The average molecular weight is 346 g/mol. The molecule has 2 unspecified atom stereocenters. The molecule has 0 bridgehead atoms. The van der Waals surface area contributed by atoms with Crippen LogP contribution in [0.3, 0.4) is 0 Å². The second kappa shape index (κ2) is 5.94. The highest BCUT2D eigenvalue weighted by molar-refractivity contribution is 9.09. The second-order valence-corrected chi connectivity index (χ2v) is 8.32. The lowest BCUT2D eigenvalue weighted by molar-refractivity contribution is 0.581. The van der Waals surface area contributed by atoms with E-state index < -0.39 is 10.0 Å². The third-order valence-corrected chi connectivity index (χ3v) is 5.69. The molecule has 106 valence electrons. The van der Waals surface area contributed by atoms with Crippen LogP contribution in [0.2, 0.25) is 0 Å². The third-order valence-electron chi connectivity index (χ3n) is 3.51. The molecule has 1 aromatic carbocycles. The topological polar surface area (TPSA) is 46.2 Å². The minimum atomic E-state index is -3.33. The van der Waals surface area contributed by atoms with Gasteiger partial charge in [-0.1, -0.05) is 41.9 Å². The van der Waals surface area contributed by atoms with Crippen molar-refractivity contribution in [3.05, 3.63) is 29.8 Å². The molecule has 1 fully saturated rings. The van der Waals surface area contributed by atoms with E-state index in [0.29, 0.717) is 15.6 Å². The van der Waals surface area contributed by atoms with Crippen molar-refractivity contribution >= 4 is 26.0 Å². The van der Waals surface area contributed by atoms with Crippen LogP contribution in [0.25, 0.3) is 0 Å². The van der Waals surface area contributed by atoms with Gasteiger partial charge < -0.3 is 0 Å². The monoisotopic (exact) mass is 345 g/mol. The molecule has 0 amide bonds. The fourth-order valence-corrected chi connectivity index (χ4v) is 4.19. The van der Waals surface area contributed by atoms with E-state index in [1.165, 1.54) is 5.56 Å². The molecule has 1 N–H and O–H groups in total. The molecule has 0 radical (unpaired) electrons. The van der Waals surface area contributed by atoms with Gasteiger partial charge in [0.2, 0.25) is 10.0 Å². The number of benzene rings is 1. The number of alkyl halides is 1. The summed E-state index contributed by atoms with van der Waals surface area (Å²) in [5, 5.41) is 0. The predicted octanol–water partition coefficient (Wildman–Crippen LogP) is 3.40. The zero-order valence-corrected chi connectivity index (χ0v) is 13.7. The third kappa shape index (κ3) is 3.80. The van der Waals surface area contributed by atoms with Crippen molar-refractivity contribution in [1.29, 1.82) is 0 Å². The number of hydrogen-bond acceptors (Lipinski definition) is 2. The Kier molecular flexibility index (Phi) is 4.69. The summed E-state index contributed by atoms with van der Waals surface area (Å²) in [6.45, 7) is 4.26. The Morgan fingerprint density at radius 1 is 1.32 bits per heavy atom. The van der Waals surface area contributed by atoms with E-state index in [1.807, 2.05) is 12.1 Å². The van der Waals surface area contributed by atoms with Gasteiger partial charge in [-0.25, -0.2) is 13.1 Å². The summed E-state index contributed by atoms with van der Waals surface area (Å²) in [5.41, 5.74) is 1.18. The Labute approximate surface area is 124 Å². The van der Waals surface area contributed by atoms with E-state index in [-0.39, 0.29) is 6.04 Å². The van der Waals surface area contributed by atoms with E-state index in [9.17, 15) is 8.42 Å². The van der Waals surface area contributed by atoms with Crippen LogP contribution in [0.4, 0.5) is 0 Å². The van der Waals surface area contributed by atoms with Crippen LogP contribution in [0, 0.1) is 0 Å². The highest BCUT2D eigenvalue weighted by atomic mass is 79.9. The summed E-state index contributed by atoms with van der Waals surface area (Å²) < 4.78 is 26.8. The number of sulfonamides is 1. The van der Waals surface area contributed by atoms with Crippen molar-refractivity contribution in [3.63, 3.8) is 0 Å². The molecule has 1 aliphatic rings. The molecule has 0 aromatic heterocycles. The fraction of sp³-hybridized carbons (Fsp3) is 0.571. The predicted molar refractivity (Wildman–Crippen MR) is 81.2 cm³/mol. The maximum absolute atomic E-state index is 12.0. The van der Waals surface area contributed by atoms with E-state index in [4.69, 9.17) is 0 Å². The molecule has 0 saturated heterocycles. The highest BCUT2D eigenvalue weighted by Gasteiger charge is 2.28. The Morgan fingerprint density at radius 3 is 2.32 bits per heavy atom.